The Hall–Kier alpha value is -1.13. The number of sulfonamides is 1. The van der Waals surface area contributed by atoms with Gasteiger partial charge in [-0.2, -0.15) is 0 Å². The molecule has 1 rings (SSSR count). The van der Waals surface area contributed by atoms with E-state index >= 15 is 0 Å². The van der Waals surface area contributed by atoms with Crippen LogP contribution in [-0.2, 0) is 10.0 Å². The van der Waals surface area contributed by atoms with Gasteiger partial charge in [-0.1, -0.05) is 36.3 Å². The second-order valence-electron chi connectivity index (χ2n) is 5.63. The van der Waals surface area contributed by atoms with E-state index in [4.69, 9.17) is 0 Å². The van der Waals surface area contributed by atoms with Gasteiger partial charge in [0, 0.05) is 6.54 Å². The van der Waals surface area contributed by atoms with Gasteiger partial charge in [0.05, 0.1) is 4.90 Å². The van der Waals surface area contributed by atoms with Crippen LogP contribution in [0.25, 0.3) is 0 Å². The predicted octanol–water partition coefficient (Wildman–Crippen LogP) is 3.66. The minimum atomic E-state index is -3.38. The quantitative estimate of drug-likeness (QED) is 0.780. The summed E-state index contributed by atoms with van der Waals surface area (Å²) in [7, 11) is -3.38. The van der Waals surface area contributed by atoms with Crippen LogP contribution in [0.2, 0.25) is 0 Å². The van der Waals surface area contributed by atoms with Gasteiger partial charge < -0.3 is 0 Å². The van der Waals surface area contributed by atoms with E-state index in [2.05, 4.69) is 31.6 Å². The second-order valence-corrected chi connectivity index (χ2v) is 7.40. The third-order valence-electron chi connectivity index (χ3n) is 3.17. The lowest BCUT2D eigenvalue weighted by Crippen LogP contribution is -2.28. The standard InChI is InChI=1S/C16H25NO2S/c1-13(2)6-5-7-15(4)12-17-20(18,19)16-10-8-14(3)9-11-16/h6,8-11,15,17H,5,7,12H2,1-4H3/t15-/m0/s1. The van der Waals surface area contributed by atoms with Gasteiger partial charge in [-0.05, 0) is 51.7 Å². The predicted molar refractivity (Wildman–Crippen MR) is 84.2 cm³/mol. The van der Waals surface area contributed by atoms with E-state index in [9.17, 15) is 8.42 Å². The number of nitrogens with one attached hydrogen (secondary N) is 1. The maximum Gasteiger partial charge on any atom is 0.240 e. The summed E-state index contributed by atoms with van der Waals surface area (Å²) in [5, 5.41) is 0. The summed E-state index contributed by atoms with van der Waals surface area (Å²) in [5.41, 5.74) is 2.36. The number of allylic oxidation sites excluding steroid dienone is 2. The average Bonchev–Trinajstić information content (AvgIpc) is 2.36. The molecule has 0 aromatic heterocycles. The van der Waals surface area contributed by atoms with Crippen LogP contribution in [0, 0.1) is 12.8 Å². The summed E-state index contributed by atoms with van der Waals surface area (Å²) in [4.78, 5) is 0.333. The Balaban J connectivity index is 2.51. The SMILES string of the molecule is CC(C)=CCC[C@H](C)CNS(=O)(=O)c1ccc(C)cc1. The molecule has 0 saturated carbocycles. The van der Waals surface area contributed by atoms with Gasteiger partial charge in [0.2, 0.25) is 10.0 Å². The smallest absolute Gasteiger partial charge is 0.211 e. The highest BCUT2D eigenvalue weighted by Crippen LogP contribution is 2.12. The monoisotopic (exact) mass is 295 g/mol. The molecule has 1 aromatic carbocycles. The van der Waals surface area contributed by atoms with Crippen molar-refractivity contribution in [3.63, 3.8) is 0 Å². The topological polar surface area (TPSA) is 46.2 Å². The number of rotatable bonds is 7. The normalized spacial score (nSPS) is 13.0. The molecule has 20 heavy (non-hydrogen) atoms. The highest BCUT2D eigenvalue weighted by molar-refractivity contribution is 7.89. The van der Waals surface area contributed by atoms with E-state index in [1.807, 2.05) is 19.1 Å². The van der Waals surface area contributed by atoms with E-state index < -0.39 is 10.0 Å². The lowest BCUT2D eigenvalue weighted by molar-refractivity contribution is 0.513. The molecule has 3 nitrogen and oxygen atoms in total. The van der Waals surface area contributed by atoms with Crippen molar-refractivity contribution in [3.8, 4) is 0 Å². The fourth-order valence-corrected chi connectivity index (χ4v) is 2.98. The lowest BCUT2D eigenvalue weighted by atomic mass is 10.1. The zero-order valence-electron chi connectivity index (χ0n) is 12.8. The summed E-state index contributed by atoms with van der Waals surface area (Å²) in [5.74, 6) is 0.325. The van der Waals surface area contributed by atoms with Crippen molar-refractivity contribution in [2.24, 2.45) is 5.92 Å². The Labute approximate surface area is 123 Å². The minimum Gasteiger partial charge on any atom is -0.211 e. The van der Waals surface area contributed by atoms with Gasteiger partial charge in [-0.3, -0.25) is 0 Å². The van der Waals surface area contributed by atoms with E-state index in [0.29, 0.717) is 17.4 Å². The molecule has 0 bridgehead atoms. The molecule has 1 atom stereocenters. The van der Waals surface area contributed by atoms with E-state index in [1.165, 1.54) is 5.57 Å². The zero-order valence-corrected chi connectivity index (χ0v) is 13.6. The van der Waals surface area contributed by atoms with Crippen LogP contribution < -0.4 is 4.72 Å². The van der Waals surface area contributed by atoms with Gasteiger partial charge in [-0.25, -0.2) is 13.1 Å². The van der Waals surface area contributed by atoms with Crippen molar-refractivity contribution in [3.05, 3.63) is 41.5 Å². The average molecular weight is 295 g/mol. The second kappa shape index (κ2) is 7.60. The number of benzene rings is 1. The van der Waals surface area contributed by atoms with Crippen molar-refractivity contribution in [2.45, 2.75) is 45.4 Å². The first-order valence-corrected chi connectivity index (χ1v) is 8.49. The van der Waals surface area contributed by atoms with Gasteiger partial charge in [-0.15, -0.1) is 0 Å². The lowest BCUT2D eigenvalue weighted by Gasteiger charge is -2.12. The summed E-state index contributed by atoms with van der Waals surface area (Å²) < 4.78 is 26.9. The van der Waals surface area contributed by atoms with Crippen LogP contribution in [0.3, 0.4) is 0 Å². The van der Waals surface area contributed by atoms with Crippen molar-refractivity contribution < 1.29 is 8.42 Å². The minimum absolute atomic E-state index is 0.325. The highest BCUT2D eigenvalue weighted by Gasteiger charge is 2.14. The largest absolute Gasteiger partial charge is 0.240 e. The summed E-state index contributed by atoms with van der Waals surface area (Å²) in [6, 6.07) is 6.91. The van der Waals surface area contributed by atoms with Crippen LogP contribution in [-0.4, -0.2) is 15.0 Å². The zero-order chi connectivity index (χ0) is 15.2. The van der Waals surface area contributed by atoms with Gasteiger partial charge in [0.1, 0.15) is 0 Å². The Morgan fingerprint density at radius 3 is 2.40 bits per heavy atom. The molecule has 0 saturated heterocycles. The maximum absolute atomic E-state index is 12.1. The molecular weight excluding hydrogens is 270 g/mol. The first-order valence-electron chi connectivity index (χ1n) is 7.01. The van der Waals surface area contributed by atoms with Crippen LogP contribution >= 0.6 is 0 Å². The summed E-state index contributed by atoms with van der Waals surface area (Å²) in [6.45, 7) is 8.63. The first kappa shape index (κ1) is 16.9. The highest BCUT2D eigenvalue weighted by atomic mass is 32.2. The molecule has 112 valence electrons. The van der Waals surface area contributed by atoms with E-state index in [-0.39, 0.29) is 0 Å². The molecule has 1 aromatic rings. The first-order chi connectivity index (χ1) is 9.31. The molecule has 0 radical (unpaired) electrons. The van der Waals surface area contributed by atoms with Gasteiger partial charge in [0.15, 0.2) is 0 Å². The number of aryl methyl sites for hydroxylation is 1. The van der Waals surface area contributed by atoms with E-state index in [0.717, 1.165) is 18.4 Å². The molecule has 0 amide bonds. The van der Waals surface area contributed by atoms with Gasteiger partial charge >= 0.3 is 0 Å². The summed E-state index contributed by atoms with van der Waals surface area (Å²) in [6.07, 6.45) is 4.17. The van der Waals surface area contributed by atoms with Gasteiger partial charge in [0.25, 0.3) is 0 Å². The van der Waals surface area contributed by atoms with Crippen LogP contribution in [0.1, 0.15) is 39.2 Å². The fourth-order valence-electron chi connectivity index (χ4n) is 1.81. The summed E-state index contributed by atoms with van der Waals surface area (Å²) >= 11 is 0. The number of hydrogen-bond donors (Lipinski definition) is 1. The number of hydrogen-bond acceptors (Lipinski definition) is 2. The van der Waals surface area contributed by atoms with Crippen molar-refractivity contribution in [1.82, 2.24) is 4.72 Å². The molecule has 0 fully saturated rings. The molecular formula is C16H25NO2S. The van der Waals surface area contributed by atoms with Crippen molar-refractivity contribution >= 4 is 10.0 Å². The van der Waals surface area contributed by atoms with Crippen LogP contribution in [0.4, 0.5) is 0 Å². The van der Waals surface area contributed by atoms with Crippen molar-refractivity contribution in [1.29, 1.82) is 0 Å². The third kappa shape index (κ3) is 5.88. The Morgan fingerprint density at radius 2 is 1.85 bits per heavy atom. The van der Waals surface area contributed by atoms with Crippen LogP contribution in [0.5, 0.6) is 0 Å². The Kier molecular flexibility index (Phi) is 6.43. The Morgan fingerprint density at radius 1 is 1.25 bits per heavy atom. The molecule has 0 heterocycles. The fraction of sp³-hybridized carbons (Fsp3) is 0.500. The Bertz CT molecular complexity index is 540. The third-order valence-corrected chi connectivity index (χ3v) is 4.60. The molecule has 4 heteroatoms. The molecule has 0 unspecified atom stereocenters. The van der Waals surface area contributed by atoms with E-state index in [1.54, 1.807) is 12.1 Å². The maximum atomic E-state index is 12.1. The van der Waals surface area contributed by atoms with Crippen LogP contribution in [0.15, 0.2) is 40.8 Å². The molecule has 1 N–H and O–H groups in total. The molecule has 0 aliphatic heterocycles. The van der Waals surface area contributed by atoms with Crippen molar-refractivity contribution in [2.75, 3.05) is 6.54 Å². The molecule has 0 aliphatic rings. The molecule has 0 aliphatic carbocycles. The molecule has 0 spiro atoms.